The highest BCUT2D eigenvalue weighted by molar-refractivity contribution is 6.30. The fraction of sp³-hybridized carbons (Fsp3) is 0.364. The first-order chi connectivity index (χ1) is 13.8. The Hall–Kier alpha value is -2.57. The predicted octanol–water partition coefficient (Wildman–Crippen LogP) is 3.65. The zero-order valence-corrected chi connectivity index (χ0v) is 17.9. The summed E-state index contributed by atoms with van der Waals surface area (Å²) in [5, 5.41) is 0.651. The van der Waals surface area contributed by atoms with E-state index in [1.807, 2.05) is 42.6 Å². The molecular formula is C22H27ClN4O2. The van der Waals surface area contributed by atoms with Gasteiger partial charge in [0.25, 0.3) is 0 Å². The Morgan fingerprint density at radius 2 is 1.72 bits per heavy atom. The Balaban J connectivity index is 2.18. The number of rotatable bonds is 6. The van der Waals surface area contributed by atoms with E-state index < -0.39 is 11.7 Å². The second-order valence-electron chi connectivity index (χ2n) is 7.42. The van der Waals surface area contributed by atoms with Gasteiger partial charge in [0, 0.05) is 11.2 Å². The first-order valence-electron chi connectivity index (χ1n) is 9.45. The molecule has 154 valence electrons. The summed E-state index contributed by atoms with van der Waals surface area (Å²) in [7, 11) is 3.26. The van der Waals surface area contributed by atoms with Crippen molar-refractivity contribution >= 4 is 23.7 Å². The molecule has 2 aromatic carbocycles. The number of aliphatic imine (C=N–C) groups is 2. The van der Waals surface area contributed by atoms with Crippen LogP contribution in [0.3, 0.4) is 0 Å². The third-order valence-electron chi connectivity index (χ3n) is 5.27. The molecule has 0 amide bonds. The van der Waals surface area contributed by atoms with Gasteiger partial charge in [0.2, 0.25) is 0 Å². The van der Waals surface area contributed by atoms with Gasteiger partial charge < -0.3 is 15.2 Å². The van der Waals surface area contributed by atoms with E-state index in [0.29, 0.717) is 28.8 Å². The average Bonchev–Trinajstić information content (AvgIpc) is 2.70. The molecule has 0 saturated heterocycles. The maximum atomic E-state index is 6.46. The molecule has 3 rings (SSSR count). The van der Waals surface area contributed by atoms with Crippen LogP contribution in [0.4, 0.5) is 0 Å². The van der Waals surface area contributed by atoms with Crippen molar-refractivity contribution in [1.29, 1.82) is 0 Å². The van der Waals surface area contributed by atoms with Crippen molar-refractivity contribution in [3.05, 3.63) is 58.1 Å². The van der Waals surface area contributed by atoms with Crippen LogP contribution >= 0.6 is 11.6 Å². The highest BCUT2D eigenvalue weighted by Gasteiger charge is 2.39. The number of amidine groups is 1. The monoisotopic (exact) mass is 414 g/mol. The number of nitrogens with zero attached hydrogens (tertiary/aromatic N) is 2. The van der Waals surface area contributed by atoms with Crippen LogP contribution in [0, 0.1) is 0 Å². The largest absolute Gasteiger partial charge is 0.493 e. The van der Waals surface area contributed by atoms with Gasteiger partial charge in [0.15, 0.2) is 17.8 Å². The van der Waals surface area contributed by atoms with E-state index in [1.165, 1.54) is 0 Å². The number of halogens is 1. The van der Waals surface area contributed by atoms with E-state index in [-0.39, 0.29) is 5.92 Å². The zero-order chi connectivity index (χ0) is 21.2. The van der Waals surface area contributed by atoms with Crippen LogP contribution in [0.25, 0.3) is 0 Å². The van der Waals surface area contributed by atoms with Crippen molar-refractivity contribution in [2.75, 3.05) is 14.2 Å². The Labute approximate surface area is 176 Å². The van der Waals surface area contributed by atoms with Crippen LogP contribution in [0.1, 0.15) is 36.5 Å². The molecule has 4 N–H and O–H groups in total. The molecule has 0 aromatic heterocycles. The van der Waals surface area contributed by atoms with Crippen molar-refractivity contribution in [2.45, 2.75) is 37.9 Å². The van der Waals surface area contributed by atoms with Crippen LogP contribution in [0.15, 0.2) is 46.4 Å². The molecule has 0 fully saturated rings. The minimum absolute atomic E-state index is 0.271. The van der Waals surface area contributed by atoms with E-state index >= 15 is 0 Å². The fourth-order valence-corrected chi connectivity index (χ4v) is 3.82. The molecule has 2 atom stereocenters. The minimum Gasteiger partial charge on any atom is -0.493 e. The molecule has 7 heteroatoms. The highest BCUT2D eigenvalue weighted by Crippen LogP contribution is 2.38. The molecule has 29 heavy (non-hydrogen) atoms. The summed E-state index contributed by atoms with van der Waals surface area (Å²) in [6, 6.07) is 11.6. The van der Waals surface area contributed by atoms with Gasteiger partial charge in [-0.3, -0.25) is 10.7 Å². The molecule has 1 aliphatic rings. The third-order valence-corrected chi connectivity index (χ3v) is 5.52. The zero-order valence-electron chi connectivity index (χ0n) is 17.1. The van der Waals surface area contributed by atoms with Crippen LogP contribution < -0.4 is 20.9 Å². The van der Waals surface area contributed by atoms with Crippen molar-refractivity contribution in [3.8, 4) is 11.5 Å². The molecule has 2 aromatic rings. The highest BCUT2D eigenvalue weighted by atomic mass is 35.5. The fourth-order valence-electron chi connectivity index (χ4n) is 3.70. The van der Waals surface area contributed by atoms with E-state index in [9.17, 15) is 0 Å². The maximum absolute atomic E-state index is 6.46. The normalized spacial score (nSPS) is 21.2. The summed E-state index contributed by atoms with van der Waals surface area (Å²) in [6.07, 6.45) is 1.67. The minimum atomic E-state index is -0.732. The summed E-state index contributed by atoms with van der Waals surface area (Å²) < 4.78 is 11.0. The lowest BCUT2D eigenvalue weighted by molar-refractivity contribution is 0.353. The van der Waals surface area contributed by atoms with Crippen LogP contribution in [-0.4, -0.2) is 32.6 Å². The van der Waals surface area contributed by atoms with Gasteiger partial charge in [0.1, 0.15) is 5.84 Å². The number of ether oxygens (including phenoxy) is 2. The predicted molar refractivity (Wildman–Crippen MR) is 119 cm³/mol. The molecule has 2 unspecified atom stereocenters. The third kappa shape index (κ3) is 4.09. The van der Waals surface area contributed by atoms with Crippen molar-refractivity contribution in [3.63, 3.8) is 0 Å². The number of nitrogens with two attached hydrogens (primary N) is 2. The summed E-state index contributed by atoms with van der Waals surface area (Å²) in [5.74, 6) is 2.06. The first kappa shape index (κ1) is 21.1. The molecule has 1 aliphatic heterocycles. The number of hydrogen-bond acceptors (Lipinski definition) is 6. The number of methoxy groups -OCH3 is 2. The Bertz CT molecular complexity index is 941. The molecule has 0 spiro atoms. The molecule has 0 aliphatic carbocycles. The second kappa shape index (κ2) is 8.43. The van der Waals surface area contributed by atoms with Crippen LogP contribution in [-0.2, 0) is 11.8 Å². The maximum Gasteiger partial charge on any atom is 0.192 e. The lowest BCUT2D eigenvalue weighted by Gasteiger charge is -2.34. The second-order valence-corrected chi connectivity index (χ2v) is 7.86. The van der Waals surface area contributed by atoms with Gasteiger partial charge in [-0.1, -0.05) is 37.6 Å². The van der Waals surface area contributed by atoms with Crippen LogP contribution in [0.2, 0.25) is 5.02 Å². The average molecular weight is 415 g/mol. The Morgan fingerprint density at radius 3 is 2.28 bits per heavy atom. The van der Waals surface area contributed by atoms with Gasteiger partial charge in [-0.05, 0) is 53.3 Å². The standard InChI is InChI=1S/C22H27ClN4O2/c1-13(2)17-10-19(29-4)18(28-3)9-14(17)11-22(12-26-21(25)27-20(22)24)15-5-7-16(23)8-6-15/h5-10,12-13,21H,11,25H2,1-4H3,(H2,24,27). The summed E-state index contributed by atoms with van der Waals surface area (Å²) in [6.45, 7) is 4.28. The number of benzene rings is 2. The van der Waals surface area contributed by atoms with Crippen molar-refractivity contribution in [2.24, 2.45) is 21.5 Å². The smallest absolute Gasteiger partial charge is 0.192 e. The SMILES string of the molecule is COc1cc(CC2(c3ccc(Cl)cc3)C=NC(N)N=C2N)c(C(C)C)cc1OC. The van der Waals surface area contributed by atoms with Gasteiger partial charge >= 0.3 is 0 Å². The van der Waals surface area contributed by atoms with Gasteiger partial charge in [0.05, 0.1) is 19.6 Å². The van der Waals surface area contributed by atoms with E-state index in [4.69, 9.17) is 32.5 Å². The Morgan fingerprint density at radius 1 is 1.10 bits per heavy atom. The van der Waals surface area contributed by atoms with Crippen molar-refractivity contribution < 1.29 is 9.47 Å². The molecule has 6 nitrogen and oxygen atoms in total. The summed E-state index contributed by atoms with van der Waals surface area (Å²) in [4.78, 5) is 8.74. The van der Waals surface area contributed by atoms with Gasteiger partial charge in [-0.2, -0.15) is 0 Å². The lowest BCUT2D eigenvalue weighted by atomic mass is 9.73. The summed E-state index contributed by atoms with van der Waals surface area (Å²) >= 11 is 6.11. The van der Waals surface area contributed by atoms with E-state index in [2.05, 4.69) is 23.8 Å². The van der Waals surface area contributed by atoms with Gasteiger partial charge in [-0.25, -0.2) is 4.99 Å². The van der Waals surface area contributed by atoms with E-state index in [0.717, 1.165) is 16.7 Å². The van der Waals surface area contributed by atoms with Crippen molar-refractivity contribution in [1.82, 2.24) is 0 Å². The molecule has 1 heterocycles. The first-order valence-corrected chi connectivity index (χ1v) is 9.83. The van der Waals surface area contributed by atoms with Gasteiger partial charge in [-0.15, -0.1) is 0 Å². The lowest BCUT2D eigenvalue weighted by Crippen LogP contribution is -2.49. The molecular weight excluding hydrogens is 388 g/mol. The van der Waals surface area contributed by atoms with Crippen LogP contribution in [0.5, 0.6) is 11.5 Å². The number of hydrogen-bond donors (Lipinski definition) is 2. The quantitative estimate of drug-likeness (QED) is 0.754. The van der Waals surface area contributed by atoms with E-state index in [1.54, 1.807) is 14.2 Å². The molecule has 0 saturated carbocycles. The molecule has 0 bridgehead atoms. The molecule has 0 radical (unpaired) electrons. The summed E-state index contributed by atoms with van der Waals surface area (Å²) in [5.41, 5.74) is 14.8. The Kier molecular flexibility index (Phi) is 6.15. The topological polar surface area (TPSA) is 95.2 Å².